The number of aliphatic hydroxyl groups is 1. The van der Waals surface area contributed by atoms with Gasteiger partial charge in [0, 0.05) is 35.7 Å². The molecule has 5 N–H and O–H groups in total. The highest BCUT2D eigenvalue weighted by molar-refractivity contribution is 6.34. The minimum absolute atomic E-state index is 0.0222. The fraction of sp³-hybridized carbons (Fsp3) is 0.471. The molecule has 0 aliphatic carbocycles. The Morgan fingerprint density at radius 1 is 0.703 bits per heavy atom. The Bertz CT molecular complexity index is 2180. The van der Waals surface area contributed by atoms with Gasteiger partial charge in [-0.15, -0.1) is 0 Å². The molecule has 3 aliphatic rings. The Morgan fingerprint density at radius 3 is 1.89 bits per heavy atom. The van der Waals surface area contributed by atoms with Crippen LogP contribution in [0, 0.1) is 0 Å². The lowest BCUT2D eigenvalue weighted by molar-refractivity contribution is -0.253. The number of fused-ring (bicyclic) bond motifs is 1. The number of aromatic hydroxyl groups is 2. The molecular weight excluding hydrogens is 817 g/mol. The van der Waals surface area contributed by atoms with Crippen LogP contribution in [0.3, 0.4) is 0 Å². The van der Waals surface area contributed by atoms with E-state index in [2.05, 4.69) is 6.92 Å². The van der Waals surface area contributed by atoms with Crippen molar-refractivity contribution in [3.05, 3.63) is 119 Å². The molecule has 13 heteroatoms. The number of amides is 2. The summed E-state index contributed by atoms with van der Waals surface area (Å²) in [6.45, 7) is 4.10. The summed E-state index contributed by atoms with van der Waals surface area (Å²) in [5.41, 5.74) is 8.92. The average Bonchev–Trinajstić information content (AvgIpc) is 3.54. The SMILES string of the molecule is CCCCCC1CC(CC(O)CCCC2CC(CCCC(CC)OC(=O)c3ccc(N4C(=O)c5ccccc5C4=O)cc3O)OC(c3ccccc3O)O2)OC(c2ccccc2N)O1. The van der Waals surface area contributed by atoms with Crippen molar-refractivity contribution in [2.45, 2.75) is 153 Å². The van der Waals surface area contributed by atoms with E-state index in [0.717, 1.165) is 36.1 Å². The highest BCUT2D eigenvalue weighted by Crippen LogP contribution is 2.39. The van der Waals surface area contributed by atoms with Crippen molar-refractivity contribution in [3.63, 3.8) is 0 Å². The number of hydrogen-bond donors (Lipinski definition) is 4. The number of ether oxygens (including phenoxy) is 5. The van der Waals surface area contributed by atoms with Crippen LogP contribution in [-0.4, -0.2) is 69.7 Å². The molecule has 8 atom stereocenters. The summed E-state index contributed by atoms with van der Waals surface area (Å²) in [6, 6.07) is 25.1. The molecule has 2 saturated heterocycles. The average molecular weight is 879 g/mol. The molecule has 0 aromatic heterocycles. The second-order valence-electron chi connectivity index (χ2n) is 17.2. The zero-order chi connectivity index (χ0) is 45.2. The van der Waals surface area contributed by atoms with E-state index in [-0.39, 0.29) is 52.5 Å². The van der Waals surface area contributed by atoms with E-state index in [0.29, 0.717) is 75.5 Å². The van der Waals surface area contributed by atoms with Gasteiger partial charge in [-0.25, -0.2) is 9.69 Å². The zero-order valence-corrected chi connectivity index (χ0v) is 36.8. The summed E-state index contributed by atoms with van der Waals surface area (Å²) in [6.07, 6.45) is 7.52. The summed E-state index contributed by atoms with van der Waals surface area (Å²) in [4.78, 5) is 40.2. The van der Waals surface area contributed by atoms with E-state index in [4.69, 9.17) is 29.4 Å². The Hall–Kier alpha value is -5.31. The molecule has 342 valence electrons. The van der Waals surface area contributed by atoms with Gasteiger partial charge in [0.05, 0.1) is 47.3 Å². The van der Waals surface area contributed by atoms with Crippen molar-refractivity contribution in [3.8, 4) is 11.5 Å². The number of imide groups is 1. The first-order chi connectivity index (χ1) is 31.0. The molecule has 2 fully saturated rings. The van der Waals surface area contributed by atoms with Gasteiger partial charge in [0.2, 0.25) is 0 Å². The number of rotatable bonds is 20. The largest absolute Gasteiger partial charge is 0.507 e. The Balaban J connectivity index is 0.913. The minimum Gasteiger partial charge on any atom is -0.507 e. The van der Waals surface area contributed by atoms with Crippen LogP contribution in [0.1, 0.15) is 159 Å². The van der Waals surface area contributed by atoms with Crippen LogP contribution >= 0.6 is 0 Å². The lowest BCUT2D eigenvalue weighted by atomic mass is 9.95. The van der Waals surface area contributed by atoms with Crippen molar-refractivity contribution >= 4 is 29.2 Å². The number of unbranched alkanes of at least 4 members (excludes halogenated alkanes) is 2. The number of esters is 1. The van der Waals surface area contributed by atoms with Gasteiger partial charge in [-0.1, -0.05) is 81.6 Å². The number of phenolic OH excluding ortho intramolecular Hbond substituents is 2. The first kappa shape index (κ1) is 46.7. The van der Waals surface area contributed by atoms with E-state index >= 15 is 0 Å². The Morgan fingerprint density at radius 2 is 1.27 bits per heavy atom. The van der Waals surface area contributed by atoms with Crippen molar-refractivity contribution in [2.24, 2.45) is 0 Å². The maximum Gasteiger partial charge on any atom is 0.342 e. The van der Waals surface area contributed by atoms with E-state index in [9.17, 15) is 29.7 Å². The number of phenols is 2. The molecule has 0 bridgehead atoms. The van der Waals surface area contributed by atoms with Gasteiger partial charge in [-0.3, -0.25) is 9.59 Å². The highest BCUT2D eigenvalue weighted by atomic mass is 16.7. The number of nitrogens with two attached hydrogens (primary N) is 1. The zero-order valence-electron chi connectivity index (χ0n) is 36.8. The monoisotopic (exact) mass is 878 g/mol. The van der Waals surface area contributed by atoms with E-state index in [1.807, 2.05) is 37.3 Å². The molecule has 4 aromatic carbocycles. The number of nitrogens with zero attached hydrogens (tertiary/aromatic N) is 1. The molecule has 64 heavy (non-hydrogen) atoms. The molecule has 0 spiro atoms. The second kappa shape index (κ2) is 22.1. The van der Waals surface area contributed by atoms with Crippen LogP contribution in [0.15, 0.2) is 91.0 Å². The van der Waals surface area contributed by atoms with Gasteiger partial charge in [0.15, 0.2) is 12.6 Å². The van der Waals surface area contributed by atoms with Crippen LogP contribution in [-0.2, 0) is 23.7 Å². The summed E-state index contributed by atoms with van der Waals surface area (Å²) in [5.74, 6) is -2.03. The van der Waals surface area contributed by atoms with Crippen LogP contribution in [0.2, 0.25) is 0 Å². The number of benzene rings is 4. The topological polar surface area (TPSA) is 187 Å². The standard InChI is InChI=1S/C51H62N2O11/c1-3-5-6-16-35-31-38(64-50(61-35)41-22-9-11-24-44(41)52)29-33(54)15-13-18-36-30-37(63-51(62-36)43-23-10-12-25-45(43)55)19-14-17-34(4-2)60-49(59)42-27-26-32(28-46(42)56)53-47(57)39-20-7-8-21-40(39)48(53)58/h7-12,20-28,33-38,50-51,54-56H,3-6,13-19,29-31,52H2,1-2H3. The number of carbonyl (C=O) groups is 3. The third kappa shape index (κ3) is 11.5. The summed E-state index contributed by atoms with van der Waals surface area (Å²) in [7, 11) is 0. The van der Waals surface area contributed by atoms with Gasteiger partial charge in [0.1, 0.15) is 23.2 Å². The summed E-state index contributed by atoms with van der Waals surface area (Å²) < 4.78 is 31.5. The first-order valence-electron chi connectivity index (χ1n) is 23.0. The smallest absolute Gasteiger partial charge is 0.342 e. The molecule has 7 rings (SSSR count). The van der Waals surface area contributed by atoms with Crippen molar-refractivity contribution in [2.75, 3.05) is 10.6 Å². The first-order valence-corrected chi connectivity index (χ1v) is 23.0. The minimum atomic E-state index is -0.774. The van der Waals surface area contributed by atoms with Crippen molar-refractivity contribution < 1.29 is 53.4 Å². The van der Waals surface area contributed by atoms with E-state index in [1.165, 1.54) is 18.2 Å². The van der Waals surface area contributed by atoms with Crippen molar-refractivity contribution in [1.29, 1.82) is 0 Å². The molecule has 3 heterocycles. The maximum atomic E-state index is 13.3. The maximum absolute atomic E-state index is 13.3. The van der Waals surface area contributed by atoms with Crippen LogP contribution in [0.25, 0.3) is 0 Å². The molecule has 0 saturated carbocycles. The lowest BCUT2D eigenvalue weighted by Gasteiger charge is -2.37. The second-order valence-corrected chi connectivity index (χ2v) is 17.2. The predicted molar refractivity (Wildman–Crippen MR) is 241 cm³/mol. The summed E-state index contributed by atoms with van der Waals surface area (Å²) in [5, 5.41) is 32.9. The van der Waals surface area contributed by atoms with Gasteiger partial charge >= 0.3 is 5.97 Å². The van der Waals surface area contributed by atoms with Crippen LogP contribution in [0.4, 0.5) is 11.4 Å². The number of nitrogen functional groups attached to an aromatic ring is 1. The quantitative estimate of drug-likeness (QED) is 0.0285. The molecule has 13 nitrogen and oxygen atoms in total. The summed E-state index contributed by atoms with van der Waals surface area (Å²) >= 11 is 0. The Labute approximate surface area is 375 Å². The third-order valence-electron chi connectivity index (χ3n) is 12.5. The van der Waals surface area contributed by atoms with Gasteiger partial charge in [0.25, 0.3) is 11.8 Å². The fourth-order valence-electron chi connectivity index (χ4n) is 9.00. The number of hydrogen-bond acceptors (Lipinski definition) is 12. The number of anilines is 2. The predicted octanol–water partition coefficient (Wildman–Crippen LogP) is 9.83. The van der Waals surface area contributed by atoms with Gasteiger partial charge in [-0.2, -0.15) is 0 Å². The van der Waals surface area contributed by atoms with Crippen molar-refractivity contribution in [1.82, 2.24) is 0 Å². The molecule has 2 amide bonds. The number of aliphatic hydroxyl groups excluding tert-OH is 1. The third-order valence-corrected chi connectivity index (χ3v) is 12.5. The van der Waals surface area contributed by atoms with E-state index < -0.39 is 48.3 Å². The number of para-hydroxylation sites is 2. The van der Waals surface area contributed by atoms with Gasteiger partial charge < -0.3 is 44.7 Å². The fourth-order valence-corrected chi connectivity index (χ4v) is 9.00. The molecule has 8 unspecified atom stereocenters. The molecular formula is C51H62N2O11. The highest BCUT2D eigenvalue weighted by Gasteiger charge is 2.38. The lowest BCUT2D eigenvalue weighted by Crippen LogP contribution is -2.36. The normalized spacial score (nSPS) is 23.1. The molecule has 0 radical (unpaired) electrons. The van der Waals surface area contributed by atoms with Gasteiger partial charge in [-0.05, 0) is 94.2 Å². The van der Waals surface area contributed by atoms with Crippen LogP contribution in [0.5, 0.6) is 11.5 Å². The number of carbonyl (C=O) groups excluding carboxylic acids is 3. The van der Waals surface area contributed by atoms with E-state index in [1.54, 1.807) is 42.5 Å². The molecule has 3 aliphatic heterocycles. The molecule has 4 aromatic rings. The Kier molecular flexibility index (Phi) is 16.1. The van der Waals surface area contributed by atoms with Crippen LogP contribution < -0.4 is 10.6 Å².